The first-order chi connectivity index (χ1) is 23.1. The van der Waals surface area contributed by atoms with Gasteiger partial charge in [-0.2, -0.15) is 0 Å². The van der Waals surface area contributed by atoms with E-state index in [0.717, 1.165) is 5.69 Å². The number of aliphatic carboxylic acids is 1. The van der Waals surface area contributed by atoms with Gasteiger partial charge in [0.2, 0.25) is 5.91 Å². The van der Waals surface area contributed by atoms with Crippen molar-refractivity contribution < 1.29 is 73.0 Å². The summed E-state index contributed by atoms with van der Waals surface area (Å²) in [5.41, 5.74) is 1.05. The second-order valence-electron chi connectivity index (χ2n) is 11.7. The van der Waals surface area contributed by atoms with E-state index in [9.17, 15) is 35.1 Å². The minimum atomic E-state index is -1.71. The molecular weight excluding hydrogens is 644 g/mol. The van der Waals surface area contributed by atoms with Gasteiger partial charge >= 0.3 is 5.97 Å². The van der Waals surface area contributed by atoms with Gasteiger partial charge in [-0.1, -0.05) is 5.21 Å². The number of hydrogen-bond acceptors (Lipinski definition) is 16. The fourth-order valence-corrected chi connectivity index (χ4v) is 5.44. The Kier molecular flexibility index (Phi) is 15.3. The van der Waals surface area contributed by atoms with E-state index in [0.29, 0.717) is 45.5 Å². The van der Waals surface area contributed by atoms with E-state index >= 15 is 0 Å². The van der Waals surface area contributed by atoms with Crippen LogP contribution in [0.5, 0.6) is 0 Å². The van der Waals surface area contributed by atoms with Crippen molar-refractivity contribution in [3.8, 4) is 0 Å². The molecule has 0 spiro atoms. The van der Waals surface area contributed by atoms with Crippen molar-refractivity contribution in [2.45, 2.75) is 93.0 Å². The molecule has 1 aromatic heterocycles. The highest BCUT2D eigenvalue weighted by atomic mass is 16.7. The van der Waals surface area contributed by atoms with Crippen LogP contribution in [-0.4, -0.2) is 181 Å². The number of rotatable bonds is 21. The number of aliphatic hydroxyl groups is 4. The van der Waals surface area contributed by atoms with Gasteiger partial charge in [-0.25, -0.2) is 9.48 Å². The standard InChI is InChI=1S/C29H48N4O15/c1-41-25-18(47-19(21(35)22(25)36)15-46-26-23(37)24(38)29(42-2)48-27(26)28(39)40)13-20(34)30-5-7-43-9-11-45-12-10-44-8-6-33-14-17(31-32-33)16-3-4-16/h14,16,18-19,21-27,29,35-38H,3-13,15H2,1-2H3,(H,30,34)(H,39,40). The fraction of sp³-hybridized carbons (Fsp3) is 0.862. The quantitative estimate of drug-likeness (QED) is 0.0693. The maximum absolute atomic E-state index is 12.6. The van der Waals surface area contributed by atoms with Crippen LogP contribution in [0.3, 0.4) is 0 Å². The molecule has 10 unspecified atom stereocenters. The minimum absolute atomic E-state index is 0.190. The molecule has 1 aliphatic carbocycles. The van der Waals surface area contributed by atoms with Crippen molar-refractivity contribution >= 4 is 11.9 Å². The van der Waals surface area contributed by atoms with Crippen molar-refractivity contribution in [2.24, 2.45) is 0 Å². The van der Waals surface area contributed by atoms with Crippen molar-refractivity contribution in [1.82, 2.24) is 20.3 Å². The van der Waals surface area contributed by atoms with E-state index in [1.165, 1.54) is 27.1 Å². The first kappa shape index (κ1) is 38.4. The van der Waals surface area contributed by atoms with Crippen LogP contribution < -0.4 is 5.32 Å². The van der Waals surface area contributed by atoms with Crippen LogP contribution in [0, 0.1) is 0 Å². The van der Waals surface area contributed by atoms with Gasteiger partial charge in [-0.3, -0.25) is 4.79 Å². The molecule has 1 aromatic rings. The van der Waals surface area contributed by atoms with Crippen molar-refractivity contribution in [3.05, 3.63) is 11.9 Å². The molecule has 1 amide bonds. The number of carboxylic acid groups (broad SMARTS) is 1. The summed E-state index contributed by atoms with van der Waals surface area (Å²) in [6, 6.07) is 0. The number of methoxy groups -OCH3 is 2. The first-order valence-corrected chi connectivity index (χ1v) is 16.0. The number of hydrogen-bond donors (Lipinski definition) is 6. The van der Waals surface area contributed by atoms with Crippen LogP contribution in [0.2, 0.25) is 0 Å². The normalized spacial score (nSPS) is 32.3. The molecule has 3 heterocycles. The lowest BCUT2D eigenvalue weighted by atomic mass is 9.93. The van der Waals surface area contributed by atoms with Gasteiger partial charge in [0.25, 0.3) is 0 Å². The highest BCUT2D eigenvalue weighted by Crippen LogP contribution is 2.38. The van der Waals surface area contributed by atoms with Gasteiger partial charge in [0.1, 0.15) is 42.7 Å². The Labute approximate surface area is 277 Å². The average molecular weight is 693 g/mol. The van der Waals surface area contributed by atoms with Crippen LogP contribution in [-0.2, 0) is 54.0 Å². The molecular formula is C29H48N4O15. The van der Waals surface area contributed by atoms with Gasteiger partial charge in [-0.15, -0.1) is 5.10 Å². The zero-order valence-electron chi connectivity index (χ0n) is 27.1. The molecule has 0 bridgehead atoms. The van der Waals surface area contributed by atoms with E-state index < -0.39 is 79.7 Å². The van der Waals surface area contributed by atoms with E-state index in [2.05, 4.69) is 15.6 Å². The van der Waals surface area contributed by atoms with Crippen LogP contribution in [0.1, 0.15) is 30.9 Å². The number of ether oxygens (including phenoxy) is 8. The highest BCUT2D eigenvalue weighted by Gasteiger charge is 2.50. The van der Waals surface area contributed by atoms with Crippen molar-refractivity contribution in [2.75, 3.05) is 67.0 Å². The summed E-state index contributed by atoms with van der Waals surface area (Å²) < 4.78 is 45.0. The lowest BCUT2D eigenvalue weighted by Crippen LogP contribution is -2.63. The topological polar surface area (TPSA) is 252 Å². The second-order valence-corrected chi connectivity index (χ2v) is 11.7. The smallest absolute Gasteiger partial charge is 0.335 e. The molecule has 19 nitrogen and oxygen atoms in total. The molecule has 6 N–H and O–H groups in total. The Hall–Kier alpha value is -2.40. The summed E-state index contributed by atoms with van der Waals surface area (Å²) in [6.45, 7) is 2.53. The number of carbonyl (C=O) groups is 2. The predicted octanol–water partition coefficient (Wildman–Crippen LogP) is -3.22. The Morgan fingerprint density at radius 1 is 0.875 bits per heavy atom. The second kappa shape index (κ2) is 19.1. The molecule has 3 fully saturated rings. The highest BCUT2D eigenvalue weighted by molar-refractivity contribution is 5.76. The Balaban J connectivity index is 1.09. The first-order valence-electron chi connectivity index (χ1n) is 16.0. The number of amides is 1. The van der Waals surface area contributed by atoms with Crippen LogP contribution in [0.15, 0.2) is 6.20 Å². The fourth-order valence-electron chi connectivity index (χ4n) is 5.44. The van der Waals surface area contributed by atoms with Crippen LogP contribution in [0.4, 0.5) is 0 Å². The Bertz CT molecular complexity index is 1130. The molecule has 0 radical (unpaired) electrons. The van der Waals surface area contributed by atoms with Crippen LogP contribution in [0.25, 0.3) is 0 Å². The van der Waals surface area contributed by atoms with Crippen molar-refractivity contribution in [3.63, 3.8) is 0 Å². The third-order valence-electron chi connectivity index (χ3n) is 8.24. The lowest BCUT2D eigenvalue weighted by molar-refractivity contribution is -0.302. The molecule has 1 saturated carbocycles. The molecule has 3 aliphatic rings. The molecule has 2 saturated heterocycles. The summed E-state index contributed by atoms with van der Waals surface area (Å²) in [7, 11) is 2.46. The van der Waals surface area contributed by atoms with Gasteiger partial charge in [0.05, 0.1) is 71.0 Å². The number of carbonyl (C=O) groups excluding carboxylic acids is 1. The maximum Gasteiger partial charge on any atom is 0.335 e. The minimum Gasteiger partial charge on any atom is -0.479 e. The maximum atomic E-state index is 12.6. The number of nitrogens with one attached hydrogen (secondary N) is 1. The molecule has 0 aromatic carbocycles. The summed E-state index contributed by atoms with van der Waals surface area (Å²) in [6.07, 6.45) is -10.3. The number of nitrogens with zero attached hydrogens (tertiary/aromatic N) is 3. The van der Waals surface area contributed by atoms with Gasteiger partial charge in [-0.05, 0) is 12.8 Å². The molecule has 10 atom stereocenters. The lowest BCUT2D eigenvalue weighted by Gasteiger charge is -2.44. The Morgan fingerprint density at radius 3 is 2.19 bits per heavy atom. The van der Waals surface area contributed by atoms with Crippen LogP contribution >= 0.6 is 0 Å². The summed E-state index contributed by atoms with van der Waals surface area (Å²) >= 11 is 0. The third kappa shape index (κ3) is 10.8. The molecule has 2 aliphatic heterocycles. The average Bonchev–Trinajstić information content (AvgIpc) is 3.81. The monoisotopic (exact) mass is 692 g/mol. The Morgan fingerprint density at radius 2 is 1.54 bits per heavy atom. The largest absolute Gasteiger partial charge is 0.479 e. The number of aromatic nitrogens is 3. The summed E-state index contributed by atoms with van der Waals surface area (Å²) in [5, 5.41) is 62.4. The SMILES string of the molecule is COC1OC(C(=O)O)C(OCC2OC(CC(=O)NCCOCCOCCOCCn3cc(C4CC4)nn3)C(OC)C(O)C2O)C(O)C1O. The van der Waals surface area contributed by atoms with Crippen molar-refractivity contribution in [1.29, 1.82) is 0 Å². The zero-order valence-corrected chi connectivity index (χ0v) is 27.1. The predicted molar refractivity (Wildman–Crippen MR) is 159 cm³/mol. The number of carboxylic acids is 1. The zero-order chi connectivity index (χ0) is 34.6. The van der Waals surface area contributed by atoms with E-state index in [-0.39, 0.29) is 19.6 Å². The molecule has 48 heavy (non-hydrogen) atoms. The van der Waals surface area contributed by atoms with Gasteiger partial charge < -0.3 is 68.7 Å². The summed E-state index contributed by atoms with van der Waals surface area (Å²) in [4.78, 5) is 24.3. The molecule has 4 rings (SSSR count). The van der Waals surface area contributed by atoms with E-state index in [1.807, 2.05) is 6.20 Å². The van der Waals surface area contributed by atoms with E-state index in [1.54, 1.807) is 4.68 Å². The van der Waals surface area contributed by atoms with Gasteiger partial charge in [0, 0.05) is 32.9 Å². The van der Waals surface area contributed by atoms with E-state index in [4.69, 9.17) is 37.9 Å². The number of aliphatic hydroxyl groups excluding tert-OH is 4. The van der Waals surface area contributed by atoms with Gasteiger partial charge in [0.15, 0.2) is 12.4 Å². The third-order valence-corrected chi connectivity index (χ3v) is 8.24. The molecule has 19 heteroatoms. The summed E-state index contributed by atoms with van der Waals surface area (Å²) in [5.74, 6) is -1.35. The molecule has 274 valence electrons.